The SMILES string of the molecule is CCc1ccc(S(=O)(=O)N2CCC(NC(=O)c3ccc(C)cc3)CC2)cc1. The molecule has 27 heavy (non-hydrogen) atoms. The van der Waals surface area contributed by atoms with Gasteiger partial charge in [-0.15, -0.1) is 0 Å². The zero-order chi connectivity index (χ0) is 19.4. The topological polar surface area (TPSA) is 66.5 Å². The molecule has 2 aromatic rings. The zero-order valence-corrected chi connectivity index (χ0v) is 16.6. The molecular weight excluding hydrogens is 360 g/mol. The zero-order valence-electron chi connectivity index (χ0n) is 15.8. The van der Waals surface area contributed by atoms with Crippen LogP contribution in [0.4, 0.5) is 0 Å². The standard InChI is InChI=1S/C21H26N2O3S/c1-3-17-6-10-20(11-7-17)27(25,26)23-14-12-19(13-15-23)22-21(24)18-8-4-16(2)5-9-18/h4-11,19H,3,12-15H2,1-2H3,(H,22,24). The maximum Gasteiger partial charge on any atom is 0.251 e. The third-order valence-corrected chi connectivity index (χ3v) is 6.99. The molecule has 1 aliphatic heterocycles. The van der Waals surface area contributed by atoms with Crippen LogP contribution in [0.5, 0.6) is 0 Å². The highest BCUT2D eigenvalue weighted by Crippen LogP contribution is 2.21. The Labute approximate surface area is 161 Å². The van der Waals surface area contributed by atoms with Crippen LogP contribution in [0.25, 0.3) is 0 Å². The number of carbonyl (C=O) groups excluding carboxylic acids is 1. The van der Waals surface area contributed by atoms with Crippen molar-refractivity contribution in [1.82, 2.24) is 9.62 Å². The van der Waals surface area contributed by atoms with Crippen LogP contribution >= 0.6 is 0 Å². The third kappa shape index (κ3) is 4.57. The maximum atomic E-state index is 12.8. The van der Waals surface area contributed by atoms with Crippen LogP contribution in [0.3, 0.4) is 0 Å². The van der Waals surface area contributed by atoms with Crippen LogP contribution in [0, 0.1) is 6.92 Å². The fourth-order valence-electron chi connectivity index (χ4n) is 3.26. The van der Waals surface area contributed by atoms with Crippen molar-refractivity contribution in [2.45, 2.75) is 44.0 Å². The van der Waals surface area contributed by atoms with E-state index < -0.39 is 10.0 Å². The van der Waals surface area contributed by atoms with Gasteiger partial charge in [0, 0.05) is 24.7 Å². The normalized spacial score (nSPS) is 16.2. The van der Waals surface area contributed by atoms with Gasteiger partial charge < -0.3 is 5.32 Å². The maximum absolute atomic E-state index is 12.8. The molecule has 0 aromatic heterocycles. The number of nitrogens with one attached hydrogen (secondary N) is 1. The number of carbonyl (C=O) groups is 1. The largest absolute Gasteiger partial charge is 0.349 e. The smallest absolute Gasteiger partial charge is 0.251 e. The lowest BCUT2D eigenvalue weighted by Crippen LogP contribution is -2.46. The van der Waals surface area contributed by atoms with Gasteiger partial charge in [-0.3, -0.25) is 4.79 Å². The lowest BCUT2D eigenvalue weighted by Gasteiger charge is -2.31. The lowest BCUT2D eigenvalue weighted by molar-refractivity contribution is 0.0924. The molecule has 1 heterocycles. The van der Waals surface area contributed by atoms with Crippen molar-refractivity contribution in [1.29, 1.82) is 0 Å². The van der Waals surface area contributed by atoms with E-state index >= 15 is 0 Å². The Balaban J connectivity index is 1.59. The monoisotopic (exact) mass is 386 g/mol. The number of aryl methyl sites for hydroxylation is 2. The molecule has 1 aliphatic rings. The Morgan fingerprint density at radius 2 is 1.63 bits per heavy atom. The number of nitrogens with zero attached hydrogens (tertiary/aromatic N) is 1. The molecule has 144 valence electrons. The van der Waals surface area contributed by atoms with Gasteiger partial charge in [-0.05, 0) is 56.0 Å². The molecule has 1 saturated heterocycles. The number of sulfonamides is 1. The molecule has 0 radical (unpaired) electrons. The van der Waals surface area contributed by atoms with E-state index in [9.17, 15) is 13.2 Å². The summed E-state index contributed by atoms with van der Waals surface area (Å²) in [5, 5.41) is 3.02. The minimum absolute atomic E-state index is 0.00674. The molecule has 0 atom stereocenters. The van der Waals surface area contributed by atoms with E-state index in [0.717, 1.165) is 17.5 Å². The molecule has 1 N–H and O–H groups in total. The summed E-state index contributed by atoms with van der Waals surface area (Å²) >= 11 is 0. The number of hydrogen-bond acceptors (Lipinski definition) is 3. The highest BCUT2D eigenvalue weighted by molar-refractivity contribution is 7.89. The van der Waals surface area contributed by atoms with Crippen molar-refractivity contribution in [3.8, 4) is 0 Å². The lowest BCUT2D eigenvalue weighted by atomic mass is 10.1. The van der Waals surface area contributed by atoms with Crippen LogP contribution in [-0.2, 0) is 16.4 Å². The Kier molecular flexibility index (Phi) is 5.97. The van der Waals surface area contributed by atoms with Crippen molar-refractivity contribution in [2.75, 3.05) is 13.1 Å². The summed E-state index contributed by atoms with van der Waals surface area (Å²) in [6.07, 6.45) is 2.11. The highest BCUT2D eigenvalue weighted by atomic mass is 32.2. The first-order valence-corrected chi connectivity index (χ1v) is 10.8. The number of hydrogen-bond donors (Lipinski definition) is 1. The predicted octanol–water partition coefficient (Wildman–Crippen LogP) is 3.14. The van der Waals surface area contributed by atoms with Gasteiger partial charge in [-0.2, -0.15) is 4.31 Å². The molecule has 2 aromatic carbocycles. The Bertz CT molecular complexity index is 882. The summed E-state index contributed by atoms with van der Waals surface area (Å²) in [7, 11) is -3.48. The fourth-order valence-corrected chi connectivity index (χ4v) is 4.73. The van der Waals surface area contributed by atoms with Crippen molar-refractivity contribution in [2.24, 2.45) is 0 Å². The van der Waals surface area contributed by atoms with E-state index in [2.05, 4.69) is 5.32 Å². The van der Waals surface area contributed by atoms with Gasteiger partial charge in [-0.1, -0.05) is 36.8 Å². The first-order valence-electron chi connectivity index (χ1n) is 9.37. The van der Waals surface area contributed by atoms with Gasteiger partial charge in [-0.25, -0.2) is 8.42 Å². The average Bonchev–Trinajstić information content (AvgIpc) is 2.69. The average molecular weight is 387 g/mol. The summed E-state index contributed by atoms with van der Waals surface area (Å²) in [6, 6.07) is 14.5. The number of piperidine rings is 1. The van der Waals surface area contributed by atoms with Gasteiger partial charge in [0.05, 0.1) is 4.90 Å². The molecule has 0 saturated carbocycles. The molecule has 3 rings (SSSR count). The van der Waals surface area contributed by atoms with E-state index in [-0.39, 0.29) is 11.9 Å². The number of benzene rings is 2. The molecule has 6 heteroatoms. The van der Waals surface area contributed by atoms with E-state index in [1.54, 1.807) is 12.1 Å². The molecule has 5 nitrogen and oxygen atoms in total. The second-order valence-corrected chi connectivity index (χ2v) is 8.95. The van der Waals surface area contributed by atoms with E-state index in [4.69, 9.17) is 0 Å². The summed E-state index contributed by atoms with van der Waals surface area (Å²) < 4.78 is 27.1. The van der Waals surface area contributed by atoms with Crippen molar-refractivity contribution < 1.29 is 13.2 Å². The fraction of sp³-hybridized carbons (Fsp3) is 0.381. The van der Waals surface area contributed by atoms with Crippen molar-refractivity contribution in [3.63, 3.8) is 0 Å². The Hall–Kier alpha value is -2.18. The van der Waals surface area contributed by atoms with Crippen LogP contribution in [0.1, 0.15) is 41.3 Å². The van der Waals surface area contributed by atoms with Crippen molar-refractivity contribution >= 4 is 15.9 Å². The molecule has 0 aliphatic carbocycles. The third-order valence-electron chi connectivity index (χ3n) is 5.07. The van der Waals surface area contributed by atoms with Crippen molar-refractivity contribution in [3.05, 3.63) is 65.2 Å². The second-order valence-electron chi connectivity index (χ2n) is 7.02. The molecule has 0 unspecified atom stereocenters. The van der Waals surface area contributed by atoms with Gasteiger partial charge in [0.25, 0.3) is 5.91 Å². The predicted molar refractivity (Wildman–Crippen MR) is 106 cm³/mol. The summed E-state index contributed by atoms with van der Waals surface area (Å²) in [5.74, 6) is -0.105. The first-order chi connectivity index (χ1) is 12.9. The highest BCUT2D eigenvalue weighted by Gasteiger charge is 2.30. The Morgan fingerprint density at radius 3 is 2.19 bits per heavy atom. The Morgan fingerprint density at radius 1 is 1.04 bits per heavy atom. The van der Waals surface area contributed by atoms with Crippen LogP contribution < -0.4 is 5.32 Å². The minimum atomic E-state index is -3.48. The number of amides is 1. The van der Waals surface area contributed by atoms with E-state index in [1.807, 2.05) is 50.2 Å². The van der Waals surface area contributed by atoms with Gasteiger partial charge >= 0.3 is 0 Å². The minimum Gasteiger partial charge on any atom is -0.349 e. The summed E-state index contributed by atoms with van der Waals surface area (Å²) in [6.45, 7) is 4.85. The quantitative estimate of drug-likeness (QED) is 0.858. The van der Waals surface area contributed by atoms with Crippen LogP contribution in [-0.4, -0.2) is 37.8 Å². The number of rotatable bonds is 5. The summed E-state index contributed by atoms with van der Waals surface area (Å²) in [5.41, 5.74) is 2.86. The van der Waals surface area contributed by atoms with Gasteiger partial charge in [0.15, 0.2) is 0 Å². The first kappa shape index (κ1) is 19.6. The molecule has 0 bridgehead atoms. The summed E-state index contributed by atoms with van der Waals surface area (Å²) in [4.78, 5) is 12.7. The molecule has 1 amide bonds. The van der Waals surface area contributed by atoms with E-state index in [0.29, 0.717) is 36.4 Å². The second kappa shape index (κ2) is 8.23. The van der Waals surface area contributed by atoms with Gasteiger partial charge in [0.1, 0.15) is 0 Å². The van der Waals surface area contributed by atoms with E-state index in [1.165, 1.54) is 4.31 Å². The molecule has 1 fully saturated rings. The molecular formula is C21H26N2O3S. The van der Waals surface area contributed by atoms with Crippen LogP contribution in [0.15, 0.2) is 53.4 Å². The van der Waals surface area contributed by atoms with Gasteiger partial charge in [0.2, 0.25) is 10.0 Å². The van der Waals surface area contributed by atoms with Crippen LogP contribution in [0.2, 0.25) is 0 Å². The molecule has 0 spiro atoms.